The number of aromatic nitrogens is 2. The quantitative estimate of drug-likeness (QED) is 0.656. The fraction of sp³-hybridized carbons (Fsp3) is 0.250. The van der Waals surface area contributed by atoms with E-state index < -0.39 is 0 Å². The number of rotatable bonds is 5. The van der Waals surface area contributed by atoms with E-state index in [2.05, 4.69) is 10.1 Å². The molecule has 1 amide bonds. The lowest BCUT2D eigenvalue weighted by Crippen LogP contribution is -2.24. The molecule has 138 valence electrons. The van der Waals surface area contributed by atoms with Gasteiger partial charge in [-0.25, -0.2) is 0 Å². The van der Waals surface area contributed by atoms with Crippen LogP contribution in [0.2, 0.25) is 5.02 Å². The molecule has 3 aromatic rings. The molecule has 7 heteroatoms. The summed E-state index contributed by atoms with van der Waals surface area (Å²) in [5.74, 6) is 1.59. The predicted octanol–water partition coefficient (Wildman–Crippen LogP) is 4.31. The van der Waals surface area contributed by atoms with Crippen LogP contribution in [0.3, 0.4) is 0 Å². The molecule has 1 unspecified atom stereocenters. The number of benzene rings is 2. The van der Waals surface area contributed by atoms with Crippen LogP contribution in [0.5, 0.6) is 5.75 Å². The first-order chi connectivity index (χ1) is 13.2. The van der Waals surface area contributed by atoms with Crippen LogP contribution in [0.25, 0.3) is 11.4 Å². The molecule has 4 rings (SSSR count). The molecule has 6 nitrogen and oxygen atoms in total. The Hall–Kier alpha value is -2.86. The Morgan fingerprint density at radius 2 is 2.00 bits per heavy atom. The maximum atomic E-state index is 12.5. The normalized spacial score (nSPS) is 16.7. The number of hydrogen-bond acceptors (Lipinski definition) is 5. The van der Waals surface area contributed by atoms with Gasteiger partial charge in [0.1, 0.15) is 5.75 Å². The van der Waals surface area contributed by atoms with E-state index >= 15 is 0 Å². The highest BCUT2D eigenvalue weighted by Crippen LogP contribution is 2.35. The van der Waals surface area contributed by atoms with Crippen LogP contribution in [0.4, 0.5) is 5.69 Å². The number of ether oxygens (including phenoxy) is 1. The van der Waals surface area contributed by atoms with Crippen molar-refractivity contribution in [2.45, 2.75) is 19.3 Å². The molecule has 1 aliphatic rings. The Morgan fingerprint density at radius 1 is 1.22 bits per heavy atom. The molecule has 2 heterocycles. The monoisotopic (exact) mass is 383 g/mol. The van der Waals surface area contributed by atoms with Crippen LogP contribution < -0.4 is 9.64 Å². The summed E-state index contributed by atoms with van der Waals surface area (Å²) in [5.41, 5.74) is 1.54. The lowest BCUT2D eigenvalue weighted by atomic mass is 10.1. The first kappa shape index (κ1) is 17.5. The van der Waals surface area contributed by atoms with Gasteiger partial charge in [0, 0.05) is 18.5 Å². The maximum Gasteiger partial charge on any atom is 0.232 e. The number of amides is 1. The number of halogens is 1. The van der Waals surface area contributed by atoms with Crippen LogP contribution in [0, 0.1) is 0 Å². The highest BCUT2D eigenvalue weighted by atomic mass is 35.5. The SMILES string of the molecule is CCOc1ccc(-c2noc(C3CC(=O)N(c4ccccc4Cl)C3)n2)cc1. The highest BCUT2D eigenvalue weighted by molar-refractivity contribution is 6.33. The smallest absolute Gasteiger partial charge is 0.232 e. The van der Waals surface area contributed by atoms with Gasteiger partial charge >= 0.3 is 0 Å². The minimum absolute atomic E-state index is 0.00563. The van der Waals surface area contributed by atoms with Gasteiger partial charge in [-0.1, -0.05) is 28.9 Å². The minimum Gasteiger partial charge on any atom is -0.494 e. The average Bonchev–Trinajstić information content (AvgIpc) is 3.30. The number of carbonyl (C=O) groups is 1. The number of nitrogens with zero attached hydrogens (tertiary/aromatic N) is 3. The summed E-state index contributed by atoms with van der Waals surface area (Å²) in [5, 5.41) is 4.61. The van der Waals surface area contributed by atoms with Crippen molar-refractivity contribution in [3.05, 3.63) is 59.4 Å². The predicted molar refractivity (Wildman–Crippen MR) is 102 cm³/mol. The molecule has 1 atom stereocenters. The third-order valence-electron chi connectivity index (χ3n) is 4.48. The van der Waals surface area contributed by atoms with E-state index in [1.165, 1.54) is 0 Å². The third kappa shape index (κ3) is 3.53. The Balaban J connectivity index is 1.52. The summed E-state index contributed by atoms with van der Waals surface area (Å²) in [6.45, 7) is 3.02. The van der Waals surface area contributed by atoms with Crippen molar-refractivity contribution < 1.29 is 14.1 Å². The molecule has 0 saturated carbocycles. The molecule has 1 saturated heterocycles. The molecule has 0 N–H and O–H groups in total. The van der Waals surface area contributed by atoms with E-state index in [0.717, 1.165) is 11.3 Å². The standard InChI is InChI=1S/C20H18ClN3O3/c1-2-26-15-9-7-13(8-10-15)19-22-20(27-23-19)14-11-18(25)24(12-14)17-6-4-3-5-16(17)21/h3-10,14H,2,11-12H2,1H3. The van der Waals surface area contributed by atoms with Crippen LogP contribution in [-0.2, 0) is 4.79 Å². The van der Waals surface area contributed by atoms with E-state index in [4.69, 9.17) is 20.9 Å². The molecule has 0 spiro atoms. The largest absolute Gasteiger partial charge is 0.494 e. The van der Waals surface area contributed by atoms with Crippen LogP contribution in [-0.4, -0.2) is 29.2 Å². The van der Waals surface area contributed by atoms with Crippen molar-refractivity contribution in [1.29, 1.82) is 0 Å². The Kier molecular flexibility index (Phi) is 4.81. The zero-order valence-corrected chi connectivity index (χ0v) is 15.5. The Bertz CT molecular complexity index is 955. The van der Waals surface area contributed by atoms with Gasteiger partial charge in [0.2, 0.25) is 17.6 Å². The summed E-state index contributed by atoms with van der Waals surface area (Å²) >= 11 is 6.23. The molecule has 1 fully saturated rings. The molecule has 2 aromatic carbocycles. The van der Waals surface area contributed by atoms with Crippen molar-refractivity contribution in [3.63, 3.8) is 0 Å². The van der Waals surface area contributed by atoms with E-state index in [1.807, 2.05) is 49.4 Å². The van der Waals surface area contributed by atoms with E-state index in [0.29, 0.717) is 42.0 Å². The van der Waals surface area contributed by atoms with Crippen LogP contribution in [0.1, 0.15) is 25.2 Å². The fourth-order valence-corrected chi connectivity index (χ4v) is 3.40. The number of anilines is 1. The van der Waals surface area contributed by atoms with Gasteiger partial charge in [-0.2, -0.15) is 4.98 Å². The van der Waals surface area contributed by atoms with Gasteiger partial charge in [0.15, 0.2) is 0 Å². The van der Waals surface area contributed by atoms with Crippen molar-refractivity contribution in [3.8, 4) is 17.1 Å². The van der Waals surface area contributed by atoms with E-state index in [1.54, 1.807) is 11.0 Å². The lowest BCUT2D eigenvalue weighted by Gasteiger charge is -2.17. The van der Waals surface area contributed by atoms with Crippen molar-refractivity contribution in [2.24, 2.45) is 0 Å². The molecule has 1 aliphatic heterocycles. The number of carbonyl (C=O) groups excluding carboxylic acids is 1. The molecule has 27 heavy (non-hydrogen) atoms. The first-order valence-electron chi connectivity index (χ1n) is 8.77. The van der Waals surface area contributed by atoms with Gasteiger partial charge in [-0.3, -0.25) is 4.79 Å². The molecule has 0 bridgehead atoms. The van der Waals surface area contributed by atoms with Crippen molar-refractivity contribution in [2.75, 3.05) is 18.1 Å². The Morgan fingerprint density at radius 3 is 2.74 bits per heavy atom. The lowest BCUT2D eigenvalue weighted by molar-refractivity contribution is -0.117. The topological polar surface area (TPSA) is 68.5 Å². The first-order valence-corrected chi connectivity index (χ1v) is 9.15. The van der Waals surface area contributed by atoms with Gasteiger partial charge < -0.3 is 14.2 Å². The summed E-state index contributed by atoms with van der Waals surface area (Å²) in [6.07, 6.45) is 0.316. The van der Waals surface area contributed by atoms with E-state index in [9.17, 15) is 4.79 Å². The van der Waals surface area contributed by atoms with Crippen molar-refractivity contribution in [1.82, 2.24) is 10.1 Å². The minimum atomic E-state index is -0.155. The maximum absolute atomic E-state index is 12.5. The van der Waals surface area contributed by atoms with Crippen LogP contribution >= 0.6 is 11.6 Å². The molecular weight excluding hydrogens is 366 g/mol. The summed E-state index contributed by atoms with van der Waals surface area (Å²) in [6, 6.07) is 14.8. The highest BCUT2D eigenvalue weighted by Gasteiger charge is 2.35. The zero-order valence-electron chi connectivity index (χ0n) is 14.8. The van der Waals surface area contributed by atoms with E-state index in [-0.39, 0.29) is 11.8 Å². The second kappa shape index (κ2) is 7.40. The van der Waals surface area contributed by atoms with Gasteiger partial charge in [-0.05, 0) is 43.3 Å². The molecular formula is C20H18ClN3O3. The summed E-state index contributed by atoms with van der Waals surface area (Å²) in [4.78, 5) is 18.6. The van der Waals surface area contributed by atoms with Gasteiger partial charge in [0.25, 0.3) is 0 Å². The molecule has 0 aliphatic carbocycles. The second-order valence-corrected chi connectivity index (χ2v) is 6.68. The summed E-state index contributed by atoms with van der Waals surface area (Å²) in [7, 11) is 0. The molecule has 0 radical (unpaired) electrons. The average molecular weight is 384 g/mol. The Labute approximate surface area is 161 Å². The zero-order chi connectivity index (χ0) is 18.8. The number of hydrogen-bond donors (Lipinski definition) is 0. The molecule has 1 aromatic heterocycles. The third-order valence-corrected chi connectivity index (χ3v) is 4.80. The van der Waals surface area contributed by atoms with Gasteiger partial charge in [0.05, 0.1) is 23.2 Å². The second-order valence-electron chi connectivity index (χ2n) is 6.27. The summed E-state index contributed by atoms with van der Waals surface area (Å²) < 4.78 is 10.9. The van der Waals surface area contributed by atoms with Gasteiger partial charge in [-0.15, -0.1) is 0 Å². The van der Waals surface area contributed by atoms with Crippen LogP contribution in [0.15, 0.2) is 53.1 Å². The fourth-order valence-electron chi connectivity index (χ4n) is 3.16. The van der Waals surface area contributed by atoms with Crippen molar-refractivity contribution >= 4 is 23.2 Å². The number of para-hydroxylation sites is 1.